The molecule has 0 radical (unpaired) electrons. The Morgan fingerprint density at radius 1 is 0.923 bits per heavy atom. The van der Waals surface area contributed by atoms with Crippen LogP contribution in [0.15, 0.2) is 36.4 Å². The lowest BCUT2D eigenvalue weighted by molar-refractivity contribution is 0.0137. The third-order valence-electron chi connectivity index (χ3n) is 3.38. The molecule has 0 aliphatic rings. The van der Waals surface area contributed by atoms with E-state index in [0.717, 1.165) is 13.0 Å². The van der Waals surface area contributed by atoms with Crippen LogP contribution in [0, 0.1) is 24.0 Å². The van der Waals surface area contributed by atoms with Gasteiger partial charge in [-0.1, -0.05) is 24.1 Å². The molecular weight excluding hydrogens is 348 g/mol. The molecule has 0 saturated heterocycles. The highest BCUT2D eigenvalue weighted by Gasteiger charge is 2.29. The van der Waals surface area contributed by atoms with Gasteiger partial charge >= 0.3 is 0 Å². The first-order valence-corrected chi connectivity index (χ1v) is 7.44. The zero-order chi connectivity index (χ0) is 20.1. The van der Waals surface area contributed by atoms with Gasteiger partial charge in [0.2, 0.25) is 0 Å². The molecule has 0 aliphatic carbocycles. The fraction of sp³-hybridized carbons (Fsp3) is 0.200. The molecule has 0 amide bonds. The number of rotatable bonds is 3. The Balaban J connectivity index is 0.000000263. The number of ketones is 2. The molecule has 0 bridgehead atoms. The average Bonchev–Trinajstić information content (AvgIpc) is 2.54. The summed E-state index contributed by atoms with van der Waals surface area (Å²) in [6, 6.07) is 7.84. The van der Waals surface area contributed by atoms with Crippen LogP contribution in [0.2, 0.25) is 0 Å². The Morgan fingerprint density at radius 2 is 1.38 bits per heavy atom. The molecule has 0 saturated carbocycles. The highest BCUT2D eigenvalue weighted by Crippen LogP contribution is 2.30. The van der Waals surface area contributed by atoms with E-state index in [1.165, 1.54) is 31.2 Å². The molecule has 136 valence electrons. The highest BCUT2D eigenvalue weighted by molar-refractivity contribution is 5.95. The van der Waals surface area contributed by atoms with E-state index in [0.29, 0.717) is 6.92 Å². The summed E-state index contributed by atoms with van der Waals surface area (Å²) in [5, 5.41) is 0. The molecule has 0 aromatic heterocycles. The number of halogens is 4. The number of carbonyl (C=O) groups is 2. The summed E-state index contributed by atoms with van der Waals surface area (Å²) in [5.74, 6) is -3.72. The van der Waals surface area contributed by atoms with Gasteiger partial charge in [-0.05, 0) is 32.0 Å². The molecule has 0 atom stereocenters. The fourth-order valence-electron chi connectivity index (χ4n) is 2.06. The SMILES string of the molecule is C#Cc1cccc(C(C)=O)c1F.CC(=O)c1cccc(C(C)(F)F)c1F. The van der Waals surface area contributed by atoms with Gasteiger partial charge < -0.3 is 0 Å². The third kappa shape index (κ3) is 5.03. The Morgan fingerprint density at radius 3 is 1.81 bits per heavy atom. The van der Waals surface area contributed by atoms with Crippen molar-refractivity contribution in [1.29, 1.82) is 0 Å². The molecule has 0 fully saturated rings. The van der Waals surface area contributed by atoms with Crippen molar-refractivity contribution in [2.45, 2.75) is 26.7 Å². The van der Waals surface area contributed by atoms with Gasteiger partial charge in [0.1, 0.15) is 11.6 Å². The van der Waals surface area contributed by atoms with Crippen LogP contribution in [0.3, 0.4) is 0 Å². The molecule has 0 unspecified atom stereocenters. The second-order valence-corrected chi connectivity index (χ2v) is 5.48. The van der Waals surface area contributed by atoms with Crippen LogP contribution >= 0.6 is 0 Å². The Hall–Kier alpha value is -2.94. The van der Waals surface area contributed by atoms with Crippen LogP contribution in [0.25, 0.3) is 0 Å². The van der Waals surface area contributed by atoms with Crippen molar-refractivity contribution >= 4 is 11.6 Å². The van der Waals surface area contributed by atoms with Gasteiger partial charge in [0.05, 0.1) is 22.3 Å². The van der Waals surface area contributed by atoms with E-state index in [2.05, 4.69) is 5.92 Å². The Bertz CT molecular complexity index is 874. The van der Waals surface area contributed by atoms with Crippen LogP contribution < -0.4 is 0 Å². The molecule has 0 N–H and O–H groups in total. The van der Waals surface area contributed by atoms with Gasteiger partial charge in [0.25, 0.3) is 5.92 Å². The number of carbonyl (C=O) groups excluding carboxylic acids is 2. The molecule has 2 aromatic rings. The largest absolute Gasteiger partial charge is 0.294 e. The second-order valence-electron chi connectivity index (χ2n) is 5.48. The molecule has 0 spiro atoms. The normalized spacial score (nSPS) is 10.4. The van der Waals surface area contributed by atoms with E-state index in [1.54, 1.807) is 6.07 Å². The van der Waals surface area contributed by atoms with E-state index in [1.807, 2.05) is 0 Å². The summed E-state index contributed by atoms with van der Waals surface area (Å²) in [6.07, 6.45) is 5.02. The van der Waals surface area contributed by atoms with Crippen molar-refractivity contribution in [2.75, 3.05) is 0 Å². The summed E-state index contributed by atoms with van der Waals surface area (Å²) in [6.45, 7) is 3.03. The molecule has 6 heteroatoms. The van der Waals surface area contributed by atoms with Crippen LogP contribution in [0.5, 0.6) is 0 Å². The molecular formula is C20H16F4O2. The van der Waals surface area contributed by atoms with Crippen molar-refractivity contribution in [3.05, 3.63) is 70.3 Å². The van der Waals surface area contributed by atoms with Crippen molar-refractivity contribution in [3.8, 4) is 12.3 Å². The lowest BCUT2D eigenvalue weighted by atomic mass is 10.0. The summed E-state index contributed by atoms with van der Waals surface area (Å²) < 4.78 is 52.1. The number of benzene rings is 2. The van der Waals surface area contributed by atoms with Crippen molar-refractivity contribution in [3.63, 3.8) is 0 Å². The third-order valence-corrected chi connectivity index (χ3v) is 3.38. The summed E-state index contributed by atoms with van der Waals surface area (Å²) in [7, 11) is 0. The van der Waals surface area contributed by atoms with Crippen molar-refractivity contribution < 1.29 is 27.2 Å². The van der Waals surface area contributed by atoms with Crippen LogP contribution in [-0.2, 0) is 5.92 Å². The zero-order valence-electron chi connectivity index (χ0n) is 14.4. The van der Waals surface area contributed by atoms with E-state index >= 15 is 0 Å². The molecule has 2 aromatic carbocycles. The van der Waals surface area contributed by atoms with Crippen LogP contribution in [-0.4, -0.2) is 11.6 Å². The minimum atomic E-state index is -3.27. The predicted molar refractivity (Wildman–Crippen MR) is 90.3 cm³/mol. The molecule has 2 rings (SSSR count). The number of hydrogen-bond donors (Lipinski definition) is 0. The van der Waals surface area contributed by atoms with Gasteiger partial charge in [-0.25, -0.2) is 17.6 Å². The predicted octanol–water partition coefficient (Wildman–Crippen LogP) is 5.15. The number of hydrogen-bond acceptors (Lipinski definition) is 2. The van der Waals surface area contributed by atoms with Crippen molar-refractivity contribution in [1.82, 2.24) is 0 Å². The van der Waals surface area contributed by atoms with Gasteiger partial charge in [-0.3, -0.25) is 9.59 Å². The monoisotopic (exact) mass is 364 g/mol. The first-order valence-electron chi connectivity index (χ1n) is 7.44. The van der Waals surface area contributed by atoms with Gasteiger partial charge in [0, 0.05) is 6.92 Å². The van der Waals surface area contributed by atoms with Gasteiger partial charge in [-0.2, -0.15) is 0 Å². The Labute approximate surface area is 148 Å². The van der Waals surface area contributed by atoms with Crippen molar-refractivity contribution in [2.24, 2.45) is 0 Å². The van der Waals surface area contributed by atoms with Gasteiger partial charge in [-0.15, -0.1) is 6.42 Å². The first-order chi connectivity index (χ1) is 12.0. The lowest BCUT2D eigenvalue weighted by Gasteiger charge is -2.12. The number of terminal acetylenes is 1. The maximum absolute atomic E-state index is 13.3. The van der Waals surface area contributed by atoms with E-state index in [4.69, 9.17) is 6.42 Å². The first kappa shape index (κ1) is 21.1. The second kappa shape index (κ2) is 8.43. The zero-order valence-corrected chi connectivity index (χ0v) is 14.4. The van der Waals surface area contributed by atoms with E-state index in [9.17, 15) is 27.2 Å². The number of alkyl halides is 2. The quantitative estimate of drug-likeness (QED) is 0.429. The van der Waals surface area contributed by atoms with Gasteiger partial charge in [0.15, 0.2) is 11.6 Å². The summed E-state index contributed by atoms with van der Waals surface area (Å²) in [5.41, 5.74) is -0.873. The summed E-state index contributed by atoms with van der Waals surface area (Å²) >= 11 is 0. The molecule has 26 heavy (non-hydrogen) atoms. The standard InChI is InChI=1S/C10H9F3O.C10H7FO/c1-6(14)7-4-3-5-8(9(7)11)10(2,12)13;1-3-8-5-4-6-9(7(2)12)10(8)11/h3-5H,1-2H3;1,4-6H,2H3. The lowest BCUT2D eigenvalue weighted by Crippen LogP contribution is -2.12. The minimum absolute atomic E-state index is 0.0467. The average molecular weight is 364 g/mol. The summed E-state index contributed by atoms with van der Waals surface area (Å²) in [4.78, 5) is 21.7. The topological polar surface area (TPSA) is 34.1 Å². The molecule has 2 nitrogen and oxygen atoms in total. The van der Waals surface area contributed by atoms with E-state index in [-0.39, 0.29) is 22.5 Å². The maximum Gasteiger partial charge on any atom is 0.273 e. The fourth-order valence-corrected chi connectivity index (χ4v) is 2.06. The maximum atomic E-state index is 13.3. The smallest absolute Gasteiger partial charge is 0.273 e. The Kier molecular flexibility index (Phi) is 6.85. The van der Waals surface area contributed by atoms with Crippen LogP contribution in [0.1, 0.15) is 52.6 Å². The highest BCUT2D eigenvalue weighted by atomic mass is 19.3. The minimum Gasteiger partial charge on any atom is -0.294 e. The van der Waals surface area contributed by atoms with E-state index < -0.39 is 28.9 Å². The number of Topliss-reactive ketones (excluding diaryl/α,β-unsaturated/α-hetero) is 2. The molecule has 0 heterocycles. The molecule has 0 aliphatic heterocycles. The van der Waals surface area contributed by atoms with Crippen LogP contribution in [0.4, 0.5) is 17.6 Å².